The standard InChI is InChI=1S/C16H20N4O2S.ClH/c1-3-14(21)18-11-5-4-10(2)12(8-11)20-16(22)13-9-23-15(19-13)6-7-17;/h4-5,8-9H,3,6-7,17H2,1-2H3,(H,18,21)(H,20,22);1H. The van der Waals surface area contributed by atoms with Crippen molar-refractivity contribution < 1.29 is 9.59 Å². The summed E-state index contributed by atoms with van der Waals surface area (Å²) in [5.41, 5.74) is 8.08. The summed E-state index contributed by atoms with van der Waals surface area (Å²) in [5.74, 6) is -0.344. The highest BCUT2D eigenvalue weighted by Crippen LogP contribution is 2.21. The molecule has 2 aromatic rings. The predicted molar refractivity (Wildman–Crippen MR) is 100 cm³/mol. The first-order chi connectivity index (χ1) is 11.0. The lowest BCUT2D eigenvalue weighted by atomic mass is 10.1. The van der Waals surface area contributed by atoms with Crippen molar-refractivity contribution in [1.29, 1.82) is 0 Å². The summed E-state index contributed by atoms with van der Waals surface area (Å²) in [5, 5.41) is 8.18. The Kier molecular flexibility index (Phi) is 7.84. The molecule has 2 amide bonds. The molecule has 24 heavy (non-hydrogen) atoms. The summed E-state index contributed by atoms with van der Waals surface area (Å²) >= 11 is 1.42. The maximum Gasteiger partial charge on any atom is 0.275 e. The number of hydrogen-bond acceptors (Lipinski definition) is 5. The largest absolute Gasteiger partial charge is 0.330 e. The molecule has 0 aliphatic heterocycles. The molecule has 0 bridgehead atoms. The summed E-state index contributed by atoms with van der Waals surface area (Å²) in [6, 6.07) is 5.40. The average Bonchev–Trinajstić information content (AvgIpc) is 2.99. The van der Waals surface area contributed by atoms with E-state index in [1.807, 2.05) is 13.0 Å². The van der Waals surface area contributed by atoms with Crippen LogP contribution in [-0.4, -0.2) is 23.3 Å². The van der Waals surface area contributed by atoms with E-state index in [1.54, 1.807) is 24.4 Å². The number of anilines is 2. The van der Waals surface area contributed by atoms with Gasteiger partial charge in [0, 0.05) is 29.6 Å². The lowest BCUT2D eigenvalue weighted by Crippen LogP contribution is -2.15. The predicted octanol–water partition coefficient (Wildman–Crippen LogP) is 2.98. The van der Waals surface area contributed by atoms with E-state index in [-0.39, 0.29) is 24.2 Å². The molecule has 0 aliphatic rings. The fourth-order valence-electron chi connectivity index (χ4n) is 1.92. The number of rotatable bonds is 6. The Hall–Kier alpha value is -1.96. The zero-order valence-corrected chi connectivity index (χ0v) is 15.2. The van der Waals surface area contributed by atoms with Crippen molar-refractivity contribution in [3.8, 4) is 0 Å². The van der Waals surface area contributed by atoms with Crippen LogP contribution < -0.4 is 16.4 Å². The lowest BCUT2D eigenvalue weighted by molar-refractivity contribution is -0.115. The number of aryl methyl sites for hydroxylation is 1. The van der Waals surface area contributed by atoms with Crippen molar-refractivity contribution in [2.45, 2.75) is 26.7 Å². The van der Waals surface area contributed by atoms with Crippen LogP contribution in [0.2, 0.25) is 0 Å². The van der Waals surface area contributed by atoms with Gasteiger partial charge in [0.05, 0.1) is 5.01 Å². The van der Waals surface area contributed by atoms with Gasteiger partial charge in [-0.2, -0.15) is 0 Å². The topological polar surface area (TPSA) is 97.1 Å². The second kappa shape index (κ2) is 9.36. The molecule has 1 heterocycles. The number of hydrogen-bond donors (Lipinski definition) is 3. The first-order valence-corrected chi connectivity index (χ1v) is 8.27. The summed E-state index contributed by atoms with van der Waals surface area (Å²) in [7, 11) is 0. The van der Waals surface area contributed by atoms with Gasteiger partial charge in [0.25, 0.3) is 5.91 Å². The van der Waals surface area contributed by atoms with Crippen molar-refractivity contribution >= 4 is 46.9 Å². The van der Waals surface area contributed by atoms with Gasteiger partial charge in [-0.05, 0) is 31.2 Å². The van der Waals surface area contributed by atoms with E-state index in [0.717, 1.165) is 10.6 Å². The number of carbonyl (C=O) groups is 2. The molecular formula is C16H21ClN4O2S. The van der Waals surface area contributed by atoms with Crippen LogP contribution in [0, 0.1) is 6.92 Å². The number of aromatic nitrogens is 1. The minimum Gasteiger partial charge on any atom is -0.330 e. The summed E-state index contributed by atoms with van der Waals surface area (Å²) < 4.78 is 0. The van der Waals surface area contributed by atoms with Gasteiger partial charge in [-0.3, -0.25) is 9.59 Å². The van der Waals surface area contributed by atoms with Crippen LogP contribution in [0.3, 0.4) is 0 Å². The van der Waals surface area contributed by atoms with Crippen LogP contribution in [-0.2, 0) is 11.2 Å². The van der Waals surface area contributed by atoms with E-state index in [2.05, 4.69) is 15.6 Å². The number of nitrogens with zero attached hydrogens (tertiary/aromatic N) is 1. The number of benzene rings is 1. The van der Waals surface area contributed by atoms with Crippen LogP contribution >= 0.6 is 23.7 Å². The number of amides is 2. The third-order valence-corrected chi connectivity index (χ3v) is 4.14. The molecule has 0 atom stereocenters. The van der Waals surface area contributed by atoms with Gasteiger partial charge in [0.1, 0.15) is 5.69 Å². The van der Waals surface area contributed by atoms with E-state index in [1.165, 1.54) is 11.3 Å². The minimum atomic E-state index is -0.272. The van der Waals surface area contributed by atoms with Crippen LogP contribution in [0.5, 0.6) is 0 Å². The normalized spacial score (nSPS) is 9.96. The number of carbonyl (C=O) groups excluding carboxylic acids is 2. The molecule has 0 fully saturated rings. The van der Waals surface area contributed by atoms with Crippen molar-refractivity contribution in [3.63, 3.8) is 0 Å². The van der Waals surface area contributed by atoms with E-state index < -0.39 is 0 Å². The first-order valence-electron chi connectivity index (χ1n) is 7.39. The maximum absolute atomic E-state index is 12.3. The third-order valence-electron chi connectivity index (χ3n) is 3.23. The number of thiazole rings is 1. The highest BCUT2D eigenvalue weighted by Gasteiger charge is 2.12. The van der Waals surface area contributed by atoms with Gasteiger partial charge < -0.3 is 16.4 Å². The van der Waals surface area contributed by atoms with E-state index in [4.69, 9.17) is 5.73 Å². The molecule has 0 saturated carbocycles. The Morgan fingerprint density at radius 3 is 2.71 bits per heavy atom. The Bertz CT molecular complexity index is 718. The molecule has 8 heteroatoms. The Labute approximate surface area is 151 Å². The second-order valence-electron chi connectivity index (χ2n) is 5.05. The van der Waals surface area contributed by atoms with Gasteiger partial charge in [0.15, 0.2) is 0 Å². The van der Waals surface area contributed by atoms with Crippen molar-refractivity contribution in [2.24, 2.45) is 5.73 Å². The van der Waals surface area contributed by atoms with E-state index in [0.29, 0.717) is 36.5 Å². The summed E-state index contributed by atoms with van der Waals surface area (Å²) in [6.45, 7) is 4.18. The smallest absolute Gasteiger partial charge is 0.275 e. The monoisotopic (exact) mass is 368 g/mol. The zero-order valence-electron chi connectivity index (χ0n) is 13.6. The molecule has 0 spiro atoms. The quantitative estimate of drug-likeness (QED) is 0.730. The van der Waals surface area contributed by atoms with Gasteiger partial charge in [0.2, 0.25) is 5.91 Å². The highest BCUT2D eigenvalue weighted by molar-refractivity contribution is 7.09. The van der Waals surface area contributed by atoms with Crippen molar-refractivity contribution in [2.75, 3.05) is 17.2 Å². The Balaban J connectivity index is 0.00000288. The minimum absolute atomic E-state index is 0. The summed E-state index contributed by atoms with van der Waals surface area (Å²) in [6.07, 6.45) is 1.06. The molecule has 0 unspecified atom stereocenters. The molecule has 1 aromatic carbocycles. The van der Waals surface area contributed by atoms with Gasteiger partial charge in [-0.1, -0.05) is 13.0 Å². The fraction of sp³-hybridized carbons (Fsp3) is 0.312. The molecule has 1 aromatic heterocycles. The van der Waals surface area contributed by atoms with Gasteiger partial charge in [-0.15, -0.1) is 23.7 Å². The molecule has 0 saturated heterocycles. The van der Waals surface area contributed by atoms with Gasteiger partial charge in [-0.25, -0.2) is 4.98 Å². The number of halogens is 1. The molecule has 0 aliphatic carbocycles. The van der Waals surface area contributed by atoms with Crippen LogP contribution in [0.15, 0.2) is 23.6 Å². The molecule has 130 valence electrons. The molecule has 4 N–H and O–H groups in total. The van der Waals surface area contributed by atoms with Crippen molar-refractivity contribution in [3.05, 3.63) is 39.8 Å². The van der Waals surface area contributed by atoms with Crippen LogP contribution in [0.4, 0.5) is 11.4 Å². The lowest BCUT2D eigenvalue weighted by Gasteiger charge is -2.10. The molecule has 0 radical (unpaired) electrons. The molecule has 6 nitrogen and oxygen atoms in total. The maximum atomic E-state index is 12.3. The van der Waals surface area contributed by atoms with E-state index >= 15 is 0 Å². The summed E-state index contributed by atoms with van der Waals surface area (Å²) in [4.78, 5) is 28.0. The van der Waals surface area contributed by atoms with E-state index in [9.17, 15) is 9.59 Å². The SMILES string of the molecule is CCC(=O)Nc1ccc(C)c(NC(=O)c2csc(CCN)n2)c1.Cl. The highest BCUT2D eigenvalue weighted by atomic mass is 35.5. The zero-order chi connectivity index (χ0) is 16.8. The number of nitrogens with two attached hydrogens (primary N) is 1. The fourth-order valence-corrected chi connectivity index (χ4v) is 2.72. The average molecular weight is 369 g/mol. The van der Waals surface area contributed by atoms with Gasteiger partial charge >= 0.3 is 0 Å². The Morgan fingerprint density at radius 2 is 2.04 bits per heavy atom. The Morgan fingerprint density at radius 1 is 1.29 bits per heavy atom. The van der Waals surface area contributed by atoms with Crippen LogP contribution in [0.1, 0.15) is 34.4 Å². The van der Waals surface area contributed by atoms with Crippen LogP contribution in [0.25, 0.3) is 0 Å². The number of nitrogens with one attached hydrogen (secondary N) is 2. The first kappa shape index (κ1) is 20.1. The molecular weight excluding hydrogens is 348 g/mol. The van der Waals surface area contributed by atoms with Crippen molar-refractivity contribution in [1.82, 2.24) is 4.98 Å². The third kappa shape index (κ3) is 5.30. The second-order valence-corrected chi connectivity index (χ2v) is 5.99. The molecule has 2 rings (SSSR count).